The first-order chi connectivity index (χ1) is 9.87. The smallest absolute Gasteiger partial charge is 0.273 e. The zero-order valence-electron chi connectivity index (χ0n) is 11.1. The number of aryl methyl sites for hydroxylation is 1. The van der Waals surface area contributed by atoms with Gasteiger partial charge in [0.05, 0.1) is 11.2 Å². The number of hydrogen-bond donors (Lipinski definition) is 2. The molecule has 0 unspecified atom stereocenters. The van der Waals surface area contributed by atoms with Crippen LogP contribution in [-0.2, 0) is 10.0 Å². The summed E-state index contributed by atoms with van der Waals surface area (Å²) in [5, 5.41) is 0.692. The Hall–Kier alpha value is -1.71. The van der Waals surface area contributed by atoms with Crippen molar-refractivity contribution in [2.75, 3.05) is 11.3 Å². The molecular weight excluding hydrogens is 330 g/mol. The van der Waals surface area contributed by atoms with E-state index in [0.717, 1.165) is 11.3 Å². The topological polar surface area (TPSA) is 94.3 Å². The summed E-state index contributed by atoms with van der Waals surface area (Å²) in [6.45, 7) is 1.89. The maximum Gasteiger partial charge on any atom is 0.273 e. The molecule has 6 nitrogen and oxygen atoms in total. The predicted molar refractivity (Wildman–Crippen MR) is 86.4 cm³/mol. The molecule has 21 heavy (non-hydrogen) atoms. The van der Waals surface area contributed by atoms with Gasteiger partial charge in [-0.3, -0.25) is 4.72 Å². The Bertz CT molecular complexity index is 739. The first-order valence-corrected chi connectivity index (χ1v) is 8.54. The highest BCUT2D eigenvalue weighted by molar-refractivity contribution is 7.94. The van der Waals surface area contributed by atoms with Crippen LogP contribution in [0.5, 0.6) is 5.75 Å². The highest BCUT2D eigenvalue weighted by Crippen LogP contribution is 2.22. The lowest BCUT2D eigenvalue weighted by molar-refractivity contribution is 0.377. The van der Waals surface area contributed by atoms with Crippen LogP contribution in [0.15, 0.2) is 34.7 Å². The summed E-state index contributed by atoms with van der Waals surface area (Å²) in [7, 11) is -3.61. The summed E-state index contributed by atoms with van der Waals surface area (Å²) in [5.74, 6) is 0.555. The minimum Gasteiger partial charge on any atom is -0.487 e. The fourth-order valence-electron chi connectivity index (χ4n) is 1.45. The molecule has 0 saturated heterocycles. The van der Waals surface area contributed by atoms with E-state index in [-0.39, 0.29) is 15.8 Å². The summed E-state index contributed by atoms with van der Waals surface area (Å²) in [6, 6.07) is 6.46. The number of ether oxygens (including phenoxy) is 1. The minimum atomic E-state index is -3.61. The van der Waals surface area contributed by atoms with Crippen molar-refractivity contribution in [1.29, 1.82) is 0 Å². The lowest BCUT2D eigenvalue weighted by atomic mass is 10.3. The molecule has 0 aliphatic rings. The molecule has 0 radical (unpaired) electrons. The third kappa shape index (κ3) is 4.38. The summed E-state index contributed by atoms with van der Waals surface area (Å²) >= 11 is 5.82. The van der Waals surface area contributed by atoms with Crippen LogP contribution in [0.3, 0.4) is 0 Å². The average molecular weight is 343 g/mol. The number of nitrogens with zero attached hydrogens (tertiary/aromatic N) is 1. The molecule has 1 aromatic heterocycles. The zero-order valence-corrected chi connectivity index (χ0v) is 13.5. The van der Waals surface area contributed by atoms with Crippen molar-refractivity contribution < 1.29 is 13.2 Å². The second-order valence-corrected chi connectivity index (χ2v) is 7.75. The second-order valence-electron chi connectivity index (χ2n) is 4.08. The van der Waals surface area contributed by atoms with Gasteiger partial charge in [-0.1, -0.05) is 12.2 Å². The Morgan fingerprint density at radius 1 is 1.43 bits per heavy atom. The fraction of sp³-hybridized carbons (Fsp3) is 0.167. The molecule has 1 aromatic carbocycles. The molecule has 0 saturated carbocycles. The lowest BCUT2D eigenvalue weighted by Gasteiger charge is -2.08. The molecular formula is C12H13N3O3S3. The molecule has 2 aromatic rings. The molecule has 0 aliphatic carbocycles. The third-order valence-electron chi connectivity index (χ3n) is 2.35. The van der Waals surface area contributed by atoms with Crippen molar-refractivity contribution in [1.82, 2.24) is 4.98 Å². The molecule has 0 aliphatic heterocycles. The number of thiazole rings is 1. The van der Waals surface area contributed by atoms with E-state index >= 15 is 0 Å². The van der Waals surface area contributed by atoms with Crippen LogP contribution in [0.2, 0.25) is 0 Å². The highest BCUT2D eigenvalue weighted by Gasteiger charge is 2.17. The number of nitrogens with two attached hydrogens (primary N) is 1. The number of aromatic nitrogens is 1. The van der Waals surface area contributed by atoms with Crippen molar-refractivity contribution in [2.45, 2.75) is 11.1 Å². The number of hydrogen-bond acceptors (Lipinski definition) is 6. The molecule has 3 N–H and O–H groups in total. The van der Waals surface area contributed by atoms with Gasteiger partial charge in [-0.25, -0.2) is 13.4 Å². The molecule has 0 spiro atoms. The Balaban J connectivity index is 2.08. The summed E-state index contributed by atoms with van der Waals surface area (Å²) in [6.07, 6.45) is 1.34. The Labute approximate surface area is 132 Å². The molecule has 0 bridgehead atoms. The van der Waals surface area contributed by atoms with E-state index in [1.807, 2.05) is 0 Å². The van der Waals surface area contributed by atoms with Crippen molar-refractivity contribution in [2.24, 2.45) is 5.73 Å². The van der Waals surface area contributed by atoms with Gasteiger partial charge < -0.3 is 10.5 Å². The Kier molecular flexibility index (Phi) is 4.76. The molecule has 1 heterocycles. The van der Waals surface area contributed by atoms with E-state index < -0.39 is 10.0 Å². The fourth-order valence-corrected chi connectivity index (χ4v) is 3.67. The van der Waals surface area contributed by atoms with Gasteiger partial charge in [0.1, 0.15) is 17.3 Å². The van der Waals surface area contributed by atoms with Crippen LogP contribution < -0.4 is 15.2 Å². The number of nitrogens with one attached hydrogen (secondary N) is 1. The quantitative estimate of drug-likeness (QED) is 0.778. The summed E-state index contributed by atoms with van der Waals surface area (Å²) in [5.41, 5.74) is 5.76. The van der Waals surface area contributed by atoms with Crippen molar-refractivity contribution in [3.63, 3.8) is 0 Å². The monoisotopic (exact) mass is 343 g/mol. The minimum absolute atomic E-state index is 0.139. The van der Waals surface area contributed by atoms with Crippen LogP contribution in [0, 0.1) is 6.92 Å². The average Bonchev–Trinajstić information content (AvgIpc) is 2.85. The van der Waals surface area contributed by atoms with Gasteiger partial charge in [0.25, 0.3) is 10.0 Å². The van der Waals surface area contributed by atoms with Crippen molar-refractivity contribution in [3.05, 3.63) is 35.5 Å². The summed E-state index contributed by atoms with van der Waals surface area (Å²) in [4.78, 5) is 4.19. The summed E-state index contributed by atoms with van der Waals surface area (Å²) < 4.78 is 32.2. The maximum absolute atomic E-state index is 12.1. The lowest BCUT2D eigenvalue weighted by Crippen LogP contribution is -2.17. The number of sulfonamides is 1. The van der Waals surface area contributed by atoms with E-state index in [0.29, 0.717) is 16.4 Å². The third-order valence-corrected chi connectivity index (χ3v) is 5.23. The van der Waals surface area contributed by atoms with Gasteiger partial charge in [-0.15, -0.1) is 11.3 Å². The molecule has 0 amide bonds. The van der Waals surface area contributed by atoms with Crippen molar-refractivity contribution >= 4 is 44.3 Å². The van der Waals surface area contributed by atoms with E-state index in [2.05, 4.69) is 9.71 Å². The van der Waals surface area contributed by atoms with Crippen LogP contribution in [-0.4, -0.2) is 25.0 Å². The van der Waals surface area contributed by atoms with E-state index in [1.54, 1.807) is 31.2 Å². The Morgan fingerprint density at radius 3 is 2.62 bits per heavy atom. The highest BCUT2D eigenvalue weighted by atomic mass is 32.2. The zero-order chi connectivity index (χ0) is 15.5. The van der Waals surface area contributed by atoms with Gasteiger partial charge in [-0.2, -0.15) is 0 Å². The van der Waals surface area contributed by atoms with Crippen LogP contribution >= 0.6 is 23.6 Å². The molecule has 112 valence electrons. The molecule has 0 fully saturated rings. The van der Waals surface area contributed by atoms with Gasteiger partial charge >= 0.3 is 0 Å². The van der Waals surface area contributed by atoms with Crippen LogP contribution in [0.4, 0.5) is 5.69 Å². The van der Waals surface area contributed by atoms with E-state index in [4.69, 9.17) is 22.7 Å². The normalized spacial score (nSPS) is 11.1. The van der Waals surface area contributed by atoms with Crippen LogP contribution in [0.1, 0.15) is 5.01 Å². The van der Waals surface area contributed by atoms with Gasteiger partial charge in [0.2, 0.25) is 0 Å². The largest absolute Gasteiger partial charge is 0.487 e. The first-order valence-electron chi connectivity index (χ1n) is 5.83. The standard InChI is InChI=1S/C12H13N3O3S3/c1-8-14-6-12(20-8)21(16,17)15-9-2-4-10(5-3-9)18-7-11(13)19/h2-6,15H,7H2,1H3,(H2,13,19). The van der Waals surface area contributed by atoms with E-state index in [9.17, 15) is 8.42 Å². The number of anilines is 1. The molecule has 2 rings (SSSR count). The van der Waals surface area contributed by atoms with Gasteiger partial charge in [0.15, 0.2) is 4.21 Å². The van der Waals surface area contributed by atoms with Gasteiger partial charge in [-0.05, 0) is 31.2 Å². The number of rotatable bonds is 6. The predicted octanol–water partition coefficient (Wildman–Crippen LogP) is 1.92. The molecule has 0 atom stereocenters. The molecule has 9 heteroatoms. The number of thiocarbonyl (C=S) groups is 1. The SMILES string of the molecule is Cc1ncc(S(=O)(=O)Nc2ccc(OCC(N)=S)cc2)s1. The van der Waals surface area contributed by atoms with Crippen molar-refractivity contribution in [3.8, 4) is 5.75 Å². The van der Waals surface area contributed by atoms with Gasteiger partial charge in [0, 0.05) is 5.69 Å². The number of benzene rings is 1. The maximum atomic E-state index is 12.1. The van der Waals surface area contributed by atoms with E-state index in [1.165, 1.54) is 6.20 Å². The first kappa shape index (κ1) is 15.7. The Morgan fingerprint density at radius 2 is 2.10 bits per heavy atom. The van der Waals surface area contributed by atoms with Crippen LogP contribution in [0.25, 0.3) is 0 Å². The second kappa shape index (κ2) is 6.37.